The van der Waals surface area contributed by atoms with Crippen molar-refractivity contribution in [3.63, 3.8) is 0 Å². The molecule has 3 heterocycles. The largest absolute Gasteiger partial charge is 0.382 e. The summed E-state index contributed by atoms with van der Waals surface area (Å²) in [6.45, 7) is 0.525. The van der Waals surface area contributed by atoms with Crippen LogP contribution in [0.2, 0.25) is 0 Å². The maximum absolute atomic E-state index is 11.9. The van der Waals surface area contributed by atoms with Gasteiger partial charge >= 0.3 is 5.69 Å². The number of nitrogens with two attached hydrogens (primary N) is 1. The van der Waals surface area contributed by atoms with Crippen molar-refractivity contribution in [2.45, 2.75) is 24.8 Å². The van der Waals surface area contributed by atoms with Gasteiger partial charge in [0.15, 0.2) is 0 Å². The molecule has 0 unspecified atom stereocenters. The van der Waals surface area contributed by atoms with Crippen LogP contribution < -0.4 is 11.4 Å². The molecule has 0 aromatic carbocycles. The van der Waals surface area contributed by atoms with Crippen LogP contribution in [-0.4, -0.2) is 24.9 Å². The summed E-state index contributed by atoms with van der Waals surface area (Å²) in [5.74, 6) is 7.26. The molecule has 1 saturated heterocycles. The fourth-order valence-corrected chi connectivity index (χ4v) is 3.42. The van der Waals surface area contributed by atoms with Crippen molar-refractivity contribution >= 4 is 17.6 Å². The fraction of sp³-hybridized carbons (Fsp3) is 0.357. The molecule has 7 heteroatoms. The first-order chi connectivity index (χ1) is 10.2. The predicted molar refractivity (Wildman–Crippen MR) is 82.7 cm³/mol. The van der Waals surface area contributed by atoms with Gasteiger partial charge in [-0.05, 0) is 18.6 Å². The van der Waals surface area contributed by atoms with Gasteiger partial charge in [0.1, 0.15) is 5.82 Å². The number of anilines is 1. The van der Waals surface area contributed by atoms with E-state index in [1.807, 2.05) is 10.8 Å². The Kier molecular flexibility index (Phi) is 3.97. The van der Waals surface area contributed by atoms with Crippen molar-refractivity contribution in [1.29, 1.82) is 0 Å². The van der Waals surface area contributed by atoms with Crippen molar-refractivity contribution in [3.8, 4) is 11.8 Å². The van der Waals surface area contributed by atoms with Gasteiger partial charge in [0.05, 0.1) is 23.8 Å². The minimum Gasteiger partial charge on any atom is -0.382 e. The highest BCUT2D eigenvalue weighted by molar-refractivity contribution is 7.99. The first kappa shape index (κ1) is 13.8. The lowest BCUT2D eigenvalue weighted by Gasteiger charge is -2.12. The number of nitrogens with zero attached hydrogens (tertiary/aromatic N) is 4. The van der Waals surface area contributed by atoms with Crippen LogP contribution in [0, 0.1) is 11.8 Å². The summed E-state index contributed by atoms with van der Waals surface area (Å²) >= 11 is 1.77. The molecule has 0 aliphatic carbocycles. The minimum atomic E-state index is -0.299. The van der Waals surface area contributed by atoms with Gasteiger partial charge in [0.25, 0.3) is 0 Å². The molecule has 6 nitrogen and oxygen atoms in total. The maximum atomic E-state index is 11.9. The van der Waals surface area contributed by atoms with E-state index in [0.717, 1.165) is 18.6 Å². The molecule has 3 rings (SSSR count). The molecule has 0 spiro atoms. The average molecular weight is 301 g/mol. The lowest BCUT2D eigenvalue weighted by Crippen LogP contribution is -2.26. The van der Waals surface area contributed by atoms with E-state index < -0.39 is 0 Å². The zero-order chi connectivity index (χ0) is 14.7. The summed E-state index contributed by atoms with van der Waals surface area (Å²) in [4.78, 5) is 19.8. The third-order valence-electron chi connectivity index (χ3n) is 3.24. The first-order valence-corrected chi connectivity index (χ1v) is 7.74. The molecule has 0 radical (unpaired) electrons. The van der Waals surface area contributed by atoms with Crippen LogP contribution in [0.5, 0.6) is 0 Å². The Balaban J connectivity index is 1.86. The molecule has 108 valence electrons. The number of imidazole rings is 1. The van der Waals surface area contributed by atoms with Gasteiger partial charge in [-0.25, -0.2) is 9.78 Å². The van der Waals surface area contributed by atoms with E-state index >= 15 is 0 Å². The maximum Gasteiger partial charge on any atom is 0.350 e. The highest BCUT2D eigenvalue weighted by atomic mass is 32.2. The van der Waals surface area contributed by atoms with Crippen LogP contribution in [0.4, 0.5) is 5.82 Å². The molecule has 2 aromatic heterocycles. The summed E-state index contributed by atoms with van der Waals surface area (Å²) in [6.07, 6.45) is 9.08. The second-order valence-corrected chi connectivity index (χ2v) is 6.02. The van der Waals surface area contributed by atoms with Crippen LogP contribution in [0.1, 0.15) is 23.8 Å². The molecule has 1 aliphatic rings. The van der Waals surface area contributed by atoms with E-state index in [-0.39, 0.29) is 16.9 Å². The highest BCUT2D eigenvalue weighted by Gasteiger charge is 2.19. The summed E-state index contributed by atoms with van der Waals surface area (Å²) in [7, 11) is 0. The molecule has 0 saturated carbocycles. The number of thioether (sulfide) groups is 1. The quantitative estimate of drug-likeness (QED) is 0.840. The smallest absolute Gasteiger partial charge is 0.350 e. The van der Waals surface area contributed by atoms with Gasteiger partial charge in [-0.1, -0.05) is 11.8 Å². The van der Waals surface area contributed by atoms with E-state index in [0.29, 0.717) is 12.1 Å². The van der Waals surface area contributed by atoms with Crippen LogP contribution in [-0.2, 0) is 6.54 Å². The van der Waals surface area contributed by atoms with Crippen molar-refractivity contribution < 1.29 is 0 Å². The van der Waals surface area contributed by atoms with E-state index in [4.69, 9.17) is 5.73 Å². The Bertz CT molecular complexity index is 735. The Morgan fingerprint density at radius 2 is 2.43 bits per heavy atom. The van der Waals surface area contributed by atoms with Crippen molar-refractivity contribution in [2.24, 2.45) is 0 Å². The van der Waals surface area contributed by atoms with E-state index in [1.54, 1.807) is 35.0 Å². The zero-order valence-corrected chi connectivity index (χ0v) is 12.2. The van der Waals surface area contributed by atoms with Gasteiger partial charge in [0.2, 0.25) is 0 Å². The van der Waals surface area contributed by atoms with Gasteiger partial charge in [-0.2, -0.15) is 4.98 Å². The van der Waals surface area contributed by atoms with Crippen molar-refractivity contribution in [2.75, 3.05) is 11.5 Å². The normalized spacial score (nSPS) is 17.4. The Morgan fingerprint density at radius 3 is 3.14 bits per heavy atom. The Morgan fingerprint density at radius 1 is 1.52 bits per heavy atom. The first-order valence-electron chi connectivity index (χ1n) is 6.69. The molecule has 1 atom stereocenters. The summed E-state index contributed by atoms with van der Waals surface area (Å²) in [5, 5.41) is 0.153. The highest BCUT2D eigenvalue weighted by Crippen LogP contribution is 2.34. The molecule has 1 aliphatic heterocycles. The van der Waals surface area contributed by atoms with Gasteiger partial charge in [-0.15, -0.1) is 11.8 Å². The molecule has 2 aromatic rings. The minimum absolute atomic E-state index is 0.153. The number of nitrogen functional groups attached to an aromatic ring is 1. The van der Waals surface area contributed by atoms with E-state index in [1.165, 1.54) is 0 Å². The topological polar surface area (TPSA) is 78.7 Å². The number of aromatic nitrogens is 4. The van der Waals surface area contributed by atoms with Gasteiger partial charge in [0, 0.05) is 18.6 Å². The zero-order valence-electron chi connectivity index (χ0n) is 11.4. The molecular formula is C14H15N5OS. The summed E-state index contributed by atoms with van der Waals surface area (Å²) < 4.78 is 3.51. The third-order valence-corrected chi connectivity index (χ3v) is 4.61. The third kappa shape index (κ3) is 3.11. The standard InChI is InChI=1S/C14H15N5OS/c15-13-11(3-1-6-18-7-5-16-10-18)9-19(14(20)17-13)12-4-2-8-21-12/h5,7,9-10,12H,2,4,6,8H2,(H2,15,17,20)/t12-/m0/s1. The SMILES string of the molecule is Nc1nc(=O)n([C@@H]2CCCS2)cc1C#CCn1ccnc1. The summed E-state index contributed by atoms with van der Waals surface area (Å²) in [5.41, 5.74) is 6.10. The Hall–Kier alpha value is -2.20. The van der Waals surface area contributed by atoms with Gasteiger partial charge < -0.3 is 10.3 Å². The van der Waals surface area contributed by atoms with Crippen LogP contribution in [0.3, 0.4) is 0 Å². The monoisotopic (exact) mass is 301 g/mol. The molecule has 1 fully saturated rings. The second-order valence-electron chi connectivity index (χ2n) is 4.73. The lowest BCUT2D eigenvalue weighted by atomic mass is 10.3. The van der Waals surface area contributed by atoms with Crippen LogP contribution in [0.15, 0.2) is 29.7 Å². The van der Waals surface area contributed by atoms with Gasteiger partial charge in [-0.3, -0.25) is 4.57 Å². The summed E-state index contributed by atoms with van der Waals surface area (Å²) in [6, 6.07) is 0. The lowest BCUT2D eigenvalue weighted by molar-refractivity contribution is 0.608. The van der Waals surface area contributed by atoms with E-state index in [2.05, 4.69) is 21.8 Å². The van der Waals surface area contributed by atoms with Crippen LogP contribution in [0.25, 0.3) is 0 Å². The molecule has 21 heavy (non-hydrogen) atoms. The Labute approximate surface area is 126 Å². The van der Waals surface area contributed by atoms with Crippen molar-refractivity contribution in [1.82, 2.24) is 19.1 Å². The molecular weight excluding hydrogens is 286 g/mol. The average Bonchev–Trinajstić information content (AvgIpc) is 3.14. The second kappa shape index (κ2) is 6.06. The van der Waals surface area contributed by atoms with Crippen LogP contribution >= 0.6 is 11.8 Å². The molecule has 0 amide bonds. The molecule has 0 bridgehead atoms. The number of rotatable bonds is 2. The fourth-order valence-electron chi connectivity index (χ4n) is 2.17. The van der Waals surface area contributed by atoms with Crippen molar-refractivity contribution in [3.05, 3.63) is 41.0 Å². The number of hydrogen-bond donors (Lipinski definition) is 1. The molecule has 2 N–H and O–H groups in total. The predicted octanol–water partition coefficient (Wildman–Crippen LogP) is 1.10. The van der Waals surface area contributed by atoms with E-state index in [9.17, 15) is 4.79 Å². The number of hydrogen-bond acceptors (Lipinski definition) is 5.